The van der Waals surface area contributed by atoms with Crippen LogP contribution < -0.4 is 15.8 Å². The fourth-order valence-corrected chi connectivity index (χ4v) is 1.93. The molecule has 1 aromatic carbocycles. The minimum absolute atomic E-state index is 0.177. The number of ether oxygens (including phenoxy) is 1. The summed E-state index contributed by atoms with van der Waals surface area (Å²) in [6.07, 6.45) is 0. The molecule has 1 aliphatic rings. The Balaban J connectivity index is 2.37. The maximum absolute atomic E-state index is 5.92. The van der Waals surface area contributed by atoms with Crippen molar-refractivity contribution < 1.29 is 4.74 Å². The summed E-state index contributed by atoms with van der Waals surface area (Å²) < 4.78 is 5.20. The van der Waals surface area contributed by atoms with E-state index in [1.54, 1.807) is 7.11 Å². The van der Waals surface area contributed by atoms with Crippen molar-refractivity contribution in [3.05, 3.63) is 23.8 Å². The molecule has 0 saturated heterocycles. The predicted molar refractivity (Wildman–Crippen MR) is 57.9 cm³/mol. The van der Waals surface area contributed by atoms with Gasteiger partial charge in [0.05, 0.1) is 7.11 Å². The van der Waals surface area contributed by atoms with Crippen LogP contribution >= 0.6 is 0 Å². The van der Waals surface area contributed by atoms with Crippen LogP contribution in [0.15, 0.2) is 18.2 Å². The lowest BCUT2D eigenvalue weighted by Crippen LogP contribution is -2.25. The third-order valence-electron chi connectivity index (χ3n) is 2.81. The Kier molecular flexibility index (Phi) is 2.33. The summed E-state index contributed by atoms with van der Waals surface area (Å²) in [5, 5.41) is 3.35. The van der Waals surface area contributed by atoms with Gasteiger partial charge in [-0.15, -0.1) is 0 Å². The smallest absolute Gasteiger partial charge is 0.119 e. The van der Waals surface area contributed by atoms with Gasteiger partial charge in [0.25, 0.3) is 0 Å². The zero-order valence-corrected chi connectivity index (χ0v) is 8.58. The molecule has 0 aliphatic carbocycles. The number of methoxy groups -OCH3 is 1. The molecule has 2 unspecified atom stereocenters. The third kappa shape index (κ3) is 1.44. The van der Waals surface area contributed by atoms with Crippen LogP contribution in [0.5, 0.6) is 5.75 Å². The highest BCUT2D eigenvalue weighted by Gasteiger charge is 2.25. The van der Waals surface area contributed by atoms with Crippen molar-refractivity contribution in [3.63, 3.8) is 0 Å². The molecule has 0 spiro atoms. The van der Waals surface area contributed by atoms with E-state index in [0.717, 1.165) is 12.3 Å². The third-order valence-corrected chi connectivity index (χ3v) is 2.81. The van der Waals surface area contributed by atoms with Crippen LogP contribution in [0, 0.1) is 0 Å². The Morgan fingerprint density at radius 2 is 2.36 bits per heavy atom. The summed E-state index contributed by atoms with van der Waals surface area (Å²) in [5.74, 6) is 1.30. The largest absolute Gasteiger partial charge is 0.497 e. The zero-order valence-electron chi connectivity index (χ0n) is 8.58. The molecule has 0 bridgehead atoms. The molecule has 2 rings (SSSR count). The number of nitrogens with two attached hydrogens (primary N) is 1. The van der Waals surface area contributed by atoms with Crippen LogP contribution in [-0.4, -0.2) is 19.7 Å². The number of benzene rings is 1. The highest BCUT2D eigenvalue weighted by Crippen LogP contribution is 2.35. The lowest BCUT2D eigenvalue weighted by Gasteiger charge is -2.14. The average molecular weight is 192 g/mol. The first-order valence-corrected chi connectivity index (χ1v) is 4.89. The first-order valence-electron chi connectivity index (χ1n) is 4.89. The number of hydrogen-bond acceptors (Lipinski definition) is 3. The number of anilines is 1. The van der Waals surface area contributed by atoms with Gasteiger partial charge in [0.15, 0.2) is 0 Å². The summed E-state index contributed by atoms with van der Waals surface area (Å²) in [6, 6.07) is 6.27. The van der Waals surface area contributed by atoms with E-state index in [-0.39, 0.29) is 6.04 Å². The van der Waals surface area contributed by atoms with Crippen molar-refractivity contribution in [1.29, 1.82) is 0 Å². The Morgan fingerprint density at radius 1 is 1.57 bits per heavy atom. The average Bonchev–Trinajstić information content (AvgIpc) is 2.59. The van der Waals surface area contributed by atoms with E-state index in [1.165, 1.54) is 11.3 Å². The van der Waals surface area contributed by atoms with Crippen molar-refractivity contribution in [1.82, 2.24) is 0 Å². The summed E-state index contributed by atoms with van der Waals surface area (Å²) in [4.78, 5) is 0. The van der Waals surface area contributed by atoms with E-state index in [4.69, 9.17) is 10.5 Å². The second-order valence-electron chi connectivity index (χ2n) is 3.80. The summed E-state index contributed by atoms with van der Waals surface area (Å²) in [6.45, 7) is 2.97. The van der Waals surface area contributed by atoms with E-state index < -0.39 is 0 Å². The fourth-order valence-electron chi connectivity index (χ4n) is 1.93. The SMILES string of the molecule is COc1ccc2c(c1)C(C(C)N)CN2. The predicted octanol–water partition coefficient (Wildman–Crippen LogP) is 1.55. The van der Waals surface area contributed by atoms with Gasteiger partial charge >= 0.3 is 0 Å². The maximum Gasteiger partial charge on any atom is 0.119 e. The Hall–Kier alpha value is -1.22. The van der Waals surface area contributed by atoms with Gasteiger partial charge in [-0.3, -0.25) is 0 Å². The number of fused-ring (bicyclic) bond motifs is 1. The summed E-state index contributed by atoms with van der Waals surface area (Å²) in [7, 11) is 1.69. The lowest BCUT2D eigenvalue weighted by molar-refractivity contribution is 0.414. The molecule has 1 aromatic rings. The zero-order chi connectivity index (χ0) is 10.1. The molecule has 3 heteroatoms. The van der Waals surface area contributed by atoms with E-state index in [9.17, 15) is 0 Å². The van der Waals surface area contributed by atoms with E-state index in [2.05, 4.69) is 17.4 Å². The minimum Gasteiger partial charge on any atom is -0.497 e. The van der Waals surface area contributed by atoms with Crippen molar-refractivity contribution in [2.24, 2.45) is 5.73 Å². The van der Waals surface area contributed by atoms with E-state index in [1.807, 2.05) is 13.0 Å². The van der Waals surface area contributed by atoms with E-state index in [0.29, 0.717) is 5.92 Å². The second-order valence-corrected chi connectivity index (χ2v) is 3.80. The molecule has 0 amide bonds. The molecule has 0 saturated carbocycles. The van der Waals surface area contributed by atoms with Gasteiger partial charge in [0.1, 0.15) is 5.75 Å². The van der Waals surface area contributed by atoms with Crippen LogP contribution in [0.4, 0.5) is 5.69 Å². The van der Waals surface area contributed by atoms with Gasteiger partial charge in [0.2, 0.25) is 0 Å². The molecule has 1 heterocycles. The minimum atomic E-state index is 0.177. The molecule has 3 nitrogen and oxygen atoms in total. The Labute approximate surface area is 84.3 Å². The van der Waals surface area contributed by atoms with Gasteiger partial charge < -0.3 is 15.8 Å². The van der Waals surface area contributed by atoms with Gasteiger partial charge in [0, 0.05) is 24.2 Å². The molecular weight excluding hydrogens is 176 g/mol. The molecule has 0 fully saturated rings. The highest BCUT2D eigenvalue weighted by molar-refractivity contribution is 5.60. The van der Waals surface area contributed by atoms with Crippen molar-refractivity contribution in [2.75, 3.05) is 19.0 Å². The normalized spacial score (nSPS) is 21.2. The Morgan fingerprint density at radius 3 is 3.00 bits per heavy atom. The van der Waals surface area contributed by atoms with E-state index >= 15 is 0 Å². The molecule has 14 heavy (non-hydrogen) atoms. The van der Waals surface area contributed by atoms with Crippen LogP contribution in [0.2, 0.25) is 0 Å². The van der Waals surface area contributed by atoms with Gasteiger partial charge in [-0.05, 0) is 30.7 Å². The first-order chi connectivity index (χ1) is 6.72. The van der Waals surface area contributed by atoms with Crippen molar-refractivity contribution in [3.8, 4) is 5.75 Å². The summed E-state index contributed by atoms with van der Waals surface area (Å²) in [5.41, 5.74) is 8.39. The second kappa shape index (κ2) is 3.50. The van der Waals surface area contributed by atoms with Gasteiger partial charge in [-0.1, -0.05) is 0 Å². The molecule has 76 valence electrons. The molecular formula is C11H16N2O. The van der Waals surface area contributed by atoms with Crippen LogP contribution in [0.3, 0.4) is 0 Å². The molecule has 1 aliphatic heterocycles. The molecule has 0 aromatic heterocycles. The fraction of sp³-hybridized carbons (Fsp3) is 0.455. The first kappa shape index (κ1) is 9.34. The maximum atomic E-state index is 5.92. The summed E-state index contributed by atoms with van der Waals surface area (Å²) >= 11 is 0. The molecule has 0 radical (unpaired) electrons. The van der Waals surface area contributed by atoms with Crippen LogP contribution in [0.1, 0.15) is 18.4 Å². The monoisotopic (exact) mass is 192 g/mol. The topological polar surface area (TPSA) is 47.3 Å². The van der Waals surface area contributed by atoms with Crippen LogP contribution in [0.25, 0.3) is 0 Å². The number of nitrogens with one attached hydrogen (secondary N) is 1. The van der Waals surface area contributed by atoms with Gasteiger partial charge in [-0.25, -0.2) is 0 Å². The standard InChI is InChI=1S/C11H16N2O/c1-7(12)10-6-13-11-4-3-8(14-2)5-9(10)11/h3-5,7,10,13H,6,12H2,1-2H3. The number of rotatable bonds is 2. The Bertz CT molecular complexity index is 336. The van der Waals surface area contributed by atoms with Gasteiger partial charge in [-0.2, -0.15) is 0 Å². The molecule has 2 atom stereocenters. The quantitative estimate of drug-likeness (QED) is 0.747. The van der Waals surface area contributed by atoms with Crippen molar-refractivity contribution >= 4 is 5.69 Å². The highest BCUT2D eigenvalue weighted by atomic mass is 16.5. The molecule has 3 N–H and O–H groups in total. The van der Waals surface area contributed by atoms with Crippen molar-refractivity contribution in [2.45, 2.75) is 18.9 Å². The van der Waals surface area contributed by atoms with Crippen LogP contribution in [-0.2, 0) is 0 Å². The number of hydrogen-bond donors (Lipinski definition) is 2. The lowest BCUT2D eigenvalue weighted by atomic mass is 9.95.